The molecule has 1 amide bonds. The number of benzene rings is 1. The minimum Gasteiger partial charge on any atom is -0.349 e. The van der Waals surface area contributed by atoms with Gasteiger partial charge in [-0.2, -0.15) is 0 Å². The van der Waals surface area contributed by atoms with Crippen molar-refractivity contribution in [3.8, 4) is 0 Å². The number of carbonyl (C=O) groups excluding carboxylic acids is 1. The van der Waals surface area contributed by atoms with Gasteiger partial charge in [0, 0.05) is 18.0 Å². The summed E-state index contributed by atoms with van der Waals surface area (Å²) in [6.45, 7) is 6.70. The first kappa shape index (κ1) is 19.9. The summed E-state index contributed by atoms with van der Waals surface area (Å²) in [5, 5.41) is 4.78. The Morgan fingerprint density at radius 1 is 1.32 bits per heavy atom. The van der Waals surface area contributed by atoms with Crippen LogP contribution in [0, 0.1) is 12.8 Å². The number of aromatic nitrogens is 1. The highest BCUT2D eigenvalue weighted by Gasteiger charge is 2.20. The summed E-state index contributed by atoms with van der Waals surface area (Å²) < 4.78 is 0. The number of hydrogen-bond acceptors (Lipinski definition) is 4. The lowest BCUT2D eigenvalue weighted by atomic mass is 10.1. The molecule has 0 aliphatic carbocycles. The fourth-order valence-corrected chi connectivity index (χ4v) is 4.14. The lowest BCUT2D eigenvalue weighted by Gasteiger charge is -2.25. The normalized spacial score (nSPS) is 12.6. The molecule has 0 aliphatic rings. The maximum atomic E-state index is 12.6. The van der Waals surface area contributed by atoms with E-state index in [1.165, 1.54) is 11.3 Å². The fraction of sp³-hybridized carbons (Fsp3) is 0.474. The number of nitrogens with one attached hydrogen (secondary N) is 1. The molecule has 0 spiro atoms. The van der Waals surface area contributed by atoms with Crippen LogP contribution in [0.5, 0.6) is 0 Å². The quantitative estimate of drug-likeness (QED) is 0.778. The maximum absolute atomic E-state index is 12.6. The summed E-state index contributed by atoms with van der Waals surface area (Å²) in [6, 6.07) is 7.76. The molecule has 0 saturated heterocycles. The Balaban J connectivity index is 2.09. The average molecular weight is 380 g/mol. The summed E-state index contributed by atoms with van der Waals surface area (Å²) in [4.78, 5) is 19.9. The zero-order valence-electron chi connectivity index (χ0n) is 15.5. The maximum Gasteiger partial charge on any atom is 0.263 e. The Bertz CT molecular complexity index is 727. The van der Waals surface area contributed by atoms with E-state index in [-0.39, 0.29) is 11.9 Å². The molecule has 1 unspecified atom stereocenters. The molecule has 0 bridgehead atoms. The van der Waals surface area contributed by atoms with Crippen LogP contribution in [0.2, 0.25) is 5.02 Å². The summed E-state index contributed by atoms with van der Waals surface area (Å²) >= 11 is 7.82. The van der Waals surface area contributed by atoms with Gasteiger partial charge in [-0.1, -0.05) is 43.6 Å². The highest BCUT2D eigenvalue weighted by molar-refractivity contribution is 7.13. The number of halogens is 1. The van der Waals surface area contributed by atoms with E-state index in [0.717, 1.165) is 22.7 Å². The molecule has 2 aromatic rings. The lowest BCUT2D eigenvalue weighted by Crippen LogP contribution is -2.34. The second kappa shape index (κ2) is 8.79. The van der Waals surface area contributed by atoms with Crippen molar-refractivity contribution in [2.24, 2.45) is 5.92 Å². The molecule has 0 aliphatic heterocycles. The number of hydrogen-bond donors (Lipinski definition) is 1. The number of aryl methyl sites for hydroxylation is 1. The molecule has 136 valence electrons. The van der Waals surface area contributed by atoms with Crippen LogP contribution in [0.15, 0.2) is 24.3 Å². The summed E-state index contributed by atoms with van der Waals surface area (Å²) in [6.07, 6.45) is 0.902. The SMILES string of the molecule is Cc1nc(CC(C)C)sc1C(=O)NCC(c1ccccc1Cl)N(C)C. The molecule has 1 atom stereocenters. The number of rotatable bonds is 7. The van der Waals surface area contributed by atoms with Crippen LogP contribution in [0.1, 0.15) is 45.8 Å². The Morgan fingerprint density at radius 2 is 2.00 bits per heavy atom. The van der Waals surface area contributed by atoms with Crippen LogP contribution < -0.4 is 5.32 Å². The summed E-state index contributed by atoms with van der Waals surface area (Å²) in [5.41, 5.74) is 1.81. The van der Waals surface area contributed by atoms with Gasteiger partial charge in [0.15, 0.2) is 0 Å². The zero-order chi connectivity index (χ0) is 18.6. The number of carbonyl (C=O) groups is 1. The van der Waals surface area contributed by atoms with E-state index in [1.54, 1.807) is 0 Å². The van der Waals surface area contributed by atoms with Gasteiger partial charge < -0.3 is 10.2 Å². The summed E-state index contributed by atoms with van der Waals surface area (Å²) in [5.74, 6) is 0.462. The van der Waals surface area contributed by atoms with Crippen molar-refractivity contribution >= 4 is 28.8 Å². The molecule has 1 heterocycles. The van der Waals surface area contributed by atoms with Gasteiger partial charge in [-0.25, -0.2) is 4.98 Å². The third-order valence-electron chi connectivity index (χ3n) is 3.97. The van der Waals surface area contributed by atoms with Crippen molar-refractivity contribution in [1.82, 2.24) is 15.2 Å². The van der Waals surface area contributed by atoms with Crippen molar-refractivity contribution in [3.63, 3.8) is 0 Å². The number of nitrogens with zero attached hydrogens (tertiary/aromatic N) is 2. The first-order valence-corrected chi connectivity index (χ1v) is 9.64. The largest absolute Gasteiger partial charge is 0.349 e. The molecule has 2 rings (SSSR count). The van der Waals surface area contributed by atoms with Gasteiger partial charge in [-0.3, -0.25) is 4.79 Å². The van der Waals surface area contributed by atoms with Gasteiger partial charge >= 0.3 is 0 Å². The van der Waals surface area contributed by atoms with Crippen molar-refractivity contribution in [3.05, 3.63) is 50.4 Å². The van der Waals surface area contributed by atoms with Gasteiger partial charge in [0.1, 0.15) is 4.88 Å². The minimum atomic E-state index is -0.0658. The smallest absolute Gasteiger partial charge is 0.263 e. The van der Waals surface area contributed by atoms with Gasteiger partial charge in [0.05, 0.1) is 16.7 Å². The van der Waals surface area contributed by atoms with Crippen LogP contribution in [-0.2, 0) is 6.42 Å². The van der Waals surface area contributed by atoms with E-state index in [1.807, 2.05) is 45.3 Å². The molecule has 25 heavy (non-hydrogen) atoms. The molecule has 4 nitrogen and oxygen atoms in total. The van der Waals surface area contributed by atoms with Crippen molar-refractivity contribution < 1.29 is 4.79 Å². The highest BCUT2D eigenvalue weighted by Crippen LogP contribution is 2.26. The molecule has 0 fully saturated rings. The standard InChI is InChI=1S/C19H26ClN3OS/c1-12(2)10-17-22-13(3)18(25-17)19(24)21-11-16(23(4)5)14-8-6-7-9-15(14)20/h6-9,12,16H,10-11H2,1-5H3,(H,21,24). The van der Waals surface area contributed by atoms with Crippen LogP contribution in [0.4, 0.5) is 0 Å². The fourth-order valence-electron chi connectivity index (χ4n) is 2.69. The lowest BCUT2D eigenvalue weighted by molar-refractivity contribution is 0.0945. The van der Waals surface area contributed by atoms with Crippen molar-refractivity contribution in [1.29, 1.82) is 0 Å². The minimum absolute atomic E-state index is 0.0148. The van der Waals surface area contributed by atoms with E-state index in [4.69, 9.17) is 11.6 Å². The number of likely N-dealkylation sites (N-methyl/N-ethyl adjacent to an activating group) is 1. The number of amides is 1. The second-order valence-corrected chi connectivity index (χ2v) is 8.32. The highest BCUT2D eigenvalue weighted by atomic mass is 35.5. The summed E-state index contributed by atoms with van der Waals surface area (Å²) in [7, 11) is 3.97. The molecule has 1 aromatic heterocycles. The molecule has 0 saturated carbocycles. The van der Waals surface area contributed by atoms with E-state index >= 15 is 0 Å². The third-order valence-corrected chi connectivity index (χ3v) is 5.50. The van der Waals surface area contributed by atoms with Crippen LogP contribution in [0.3, 0.4) is 0 Å². The van der Waals surface area contributed by atoms with Crippen LogP contribution >= 0.6 is 22.9 Å². The molecular weight excluding hydrogens is 354 g/mol. The Morgan fingerprint density at radius 3 is 2.60 bits per heavy atom. The van der Waals surface area contributed by atoms with E-state index in [0.29, 0.717) is 22.4 Å². The first-order chi connectivity index (χ1) is 11.8. The molecule has 6 heteroatoms. The predicted molar refractivity (Wildman–Crippen MR) is 106 cm³/mol. The first-order valence-electron chi connectivity index (χ1n) is 8.45. The van der Waals surface area contributed by atoms with E-state index in [2.05, 4.69) is 29.0 Å². The molecular formula is C19H26ClN3OS. The average Bonchev–Trinajstić information content (AvgIpc) is 2.88. The monoisotopic (exact) mass is 379 g/mol. The van der Waals surface area contributed by atoms with E-state index < -0.39 is 0 Å². The van der Waals surface area contributed by atoms with Crippen molar-refractivity contribution in [2.45, 2.75) is 33.2 Å². The Labute approximate surface area is 159 Å². The van der Waals surface area contributed by atoms with Crippen LogP contribution in [0.25, 0.3) is 0 Å². The predicted octanol–water partition coefficient (Wildman–Crippen LogP) is 4.34. The van der Waals surface area contributed by atoms with Gasteiger partial charge in [0.25, 0.3) is 5.91 Å². The van der Waals surface area contributed by atoms with Gasteiger partial charge in [0.2, 0.25) is 0 Å². The number of thiazole rings is 1. The van der Waals surface area contributed by atoms with Gasteiger partial charge in [-0.05, 0) is 38.6 Å². The molecule has 1 N–H and O–H groups in total. The topological polar surface area (TPSA) is 45.2 Å². The zero-order valence-corrected chi connectivity index (χ0v) is 17.0. The van der Waals surface area contributed by atoms with Crippen LogP contribution in [-0.4, -0.2) is 36.4 Å². The third kappa shape index (κ3) is 5.27. The van der Waals surface area contributed by atoms with Gasteiger partial charge in [-0.15, -0.1) is 11.3 Å². The molecule has 1 aromatic carbocycles. The molecule has 0 radical (unpaired) electrons. The van der Waals surface area contributed by atoms with Crippen molar-refractivity contribution in [2.75, 3.05) is 20.6 Å². The van der Waals surface area contributed by atoms with E-state index in [9.17, 15) is 4.79 Å². The Kier molecular flexibility index (Phi) is 6.99. The second-order valence-electron chi connectivity index (χ2n) is 6.83. The Hall–Kier alpha value is -1.43.